The van der Waals surface area contributed by atoms with Gasteiger partial charge >= 0.3 is 0 Å². The monoisotopic (exact) mass is 430 g/mol. The molecule has 154 valence electrons. The number of carbonyl (C=O) groups is 1. The average molecular weight is 431 g/mol. The molecule has 0 saturated carbocycles. The fraction of sp³-hybridized carbons (Fsp3) is 0.100. The molecule has 0 saturated heterocycles. The Morgan fingerprint density at radius 3 is 2.37 bits per heavy atom. The second-order valence-electron chi connectivity index (χ2n) is 5.85. The summed E-state index contributed by atoms with van der Waals surface area (Å²) in [5, 5.41) is 4.07. The summed E-state index contributed by atoms with van der Waals surface area (Å²) in [5.74, 6) is -2.17. The minimum absolute atomic E-state index is 0.0783. The molecule has 1 aromatic heterocycles. The van der Waals surface area contributed by atoms with Crippen LogP contribution in [0.1, 0.15) is 11.1 Å². The number of nitrogens with zero attached hydrogens (tertiary/aromatic N) is 3. The van der Waals surface area contributed by atoms with E-state index in [1.807, 2.05) is 0 Å². The van der Waals surface area contributed by atoms with E-state index in [1.54, 1.807) is 37.3 Å². The highest BCUT2D eigenvalue weighted by Gasteiger charge is 2.21. The van der Waals surface area contributed by atoms with Gasteiger partial charge in [0.2, 0.25) is 5.82 Å². The Kier molecular flexibility index (Phi) is 6.43. The van der Waals surface area contributed by atoms with Crippen LogP contribution < -0.4 is 15.2 Å². The second-order valence-corrected chi connectivity index (χ2v) is 6.26. The molecule has 3 rings (SSSR count). The number of hydrogen-bond acceptors (Lipinski definition) is 7. The fourth-order valence-corrected chi connectivity index (χ4v) is 2.62. The average Bonchev–Trinajstić information content (AvgIpc) is 2.73. The lowest BCUT2D eigenvalue weighted by Crippen LogP contribution is -2.25. The van der Waals surface area contributed by atoms with E-state index in [2.05, 4.69) is 20.0 Å². The Morgan fingerprint density at radius 1 is 1.07 bits per heavy atom. The predicted molar refractivity (Wildman–Crippen MR) is 108 cm³/mol. The Morgan fingerprint density at radius 2 is 1.70 bits per heavy atom. The van der Waals surface area contributed by atoms with Crippen LogP contribution in [0.3, 0.4) is 0 Å². The number of ether oxygens (including phenoxy) is 2. The summed E-state index contributed by atoms with van der Waals surface area (Å²) >= 11 is 6.07. The van der Waals surface area contributed by atoms with Crippen LogP contribution in [0.4, 0.5) is 4.39 Å². The minimum Gasteiger partial charge on any atom is -0.436 e. The smallest absolute Gasteiger partial charge is 0.271 e. The van der Waals surface area contributed by atoms with Crippen molar-refractivity contribution in [3.63, 3.8) is 0 Å². The molecule has 1 heterocycles. The van der Waals surface area contributed by atoms with Crippen molar-refractivity contribution in [2.45, 2.75) is 6.92 Å². The zero-order chi connectivity index (χ0) is 21.7. The Hall–Kier alpha value is -3.72. The van der Waals surface area contributed by atoms with Crippen molar-refractivity contribution < 1.29 is 23.5 Å². The molecule has 0 bridgehead atoms. The molecule has 0 unspecified atom stereocenters. The minimum atomic E-state index is -0.948. The van der Waals surface area contributed by atoms with Gasteiger partial charge in [-0.25, -0.2) is 0 Å². The molecular weight excluding hydrogens is 415 g/mol. The van der Waals surface area contributed by atoms with Crippen molar-refractivity contribution in [2.24, 2.45) is 10.9 Å². The van der Waals surface area contributed by atoms with Gasteiger partial charge in [-0.05, 0) is 31.2 Å². The Bertz CT molecular complexity index is 1120. The standard InChI is InChI=1S/C20H16ClFN4O4/c1-11-13(21)7-5-9-14(11)29-19-16(22)20(25-10-24-19)30-15-8-4-3-6-12(15)17(18(23)27)26-28-2/h3-10H,1-2H3,(H2,23,27)/b26-17+. The maximum Gasteiger partial charge on any atom is 0.271 e. The summed E-state index contributed by atoms with van der Waals surface area (Å²) < 4.78 is 26.1. The first kappa shape index (κ1) is 21.0. The maximum atomic E-state index is 15.0. The highest BCUT2D eigenvalue weighted by Crippen LogP contribution is 2.33. The summed E-state index contributed by atoms with van der Waals surface area (Å²) in [6.45, 7) is 1.73. The van der Waals surface area contributed by atoms with Crippen molar-refractivity contribution in [2.75, 3.05) is 7.11 Å². The van der Waals surface area contributed by atoms with Crippen LogP contribution in [-0.4, -0.2) is 28.7 Å². The number of rotatable bonds is 7. The Balaban J connectivity index is 1.96. The van der Waals surface area contributed by atoms with E-state index in [4.69, 9.17) is 26.8 Å². The lowest BCUT2D eigenvalue weighted by Gasteiger charge is -2.13. The molecule has 30 heavy (non-hydrogen) atoms. The molecule has 3 aromatic rings. The number of primary amides is 1. The van der Waals surface area contributed by atoms with Crippen molar-refractivity contribution >= 4 is 23.2 Å². The molecule has 8 nitrogen and oxygen atoms in total. The number of halogens is 2. The van der Waals surface area contributed by atoms with Gasteiger partial charge in [0, 0.05) is 10.6 Å². The van der Waals surface area contributed by atoms with Gasteiger partial charge in [-0.3, -0.25) is 4.79 Å². The zero-order valence-corrected chi connectivity index (χ0v) is 16.7. The lowest BCUT2D eigenvalue weighted by molar-refractivity contribution is -0.112. The topological polar surface area (TPSA) is 109 Å². The number of para-hydroxylation sites is 1. The number of aromatic nitrogens is 2. The van der Waals surface area contributed by atoms with Crippen LogP contribution in [0.5, 0.6) is 23.3 Å². The fourth-order valence-electron chi connectivity index (χ4n) is 2.46. The summed E-state index contributed by atoms with van der Waals surface area (Å²) in [7, 11) is 1.26. The van der Waals surface area contributed by atoms with Crippen molar-refractivity contribution in [3.8, 4) is 23.3 Å². The Labute approximate surface area is 176 Å². The molecule has 0 spiro atoms. The van der Waals surface area contributed by atoms with Gasteiger partial charge in [-0.15, -0.1) is 0 Å². The number of hydrogen-bond donors (Lipinski definition) is 1. The van der Waals surface area contributed by atoms with E-state index < -0.39 is 17.6 Å². The zero-order valence-electron chi connectivity index (χ0n) is 15.9. The largest absolute Gasteiger partial charge is 0.436 e. The van der Waals surface area contributed by atoms with Gasteiger partial charge in [0.15, 0.2) is 5.71 Å². The van der Waals surface area contributed by atoms with Crippen LogP contribution in [0.25, 0.3) is 0 Å². The number of amides is 1. The first-order valence-corrected chi connectivity index (χ1v) is 8.91. The normalized spacial score (nSPS) is 11.1. The van der Waals surface area contributed by atoms with E-state index in [0.717, 1.165) is 6.33 Å². The van der Waals surface area contributed by atoms with Gasteiger partial charge in [0.1, 0.15) is 24.9 Å². The molecule has 2 aromatic carbocycles. The molecule has 1 amide bonds. The summed E-state index contributed by atoms with van der Waals surface area (Å²) in [4.78, 5) is 24.0. The van der Waals surface area contributed by atoms with Gasteiger partial charge in [0.05, 0.1) is 5.56 Å². The number of carbonyl (C=O) groups excluding carboxylic acids is 1. The second kappa shape index (κ2) is 9.19. The van der Waals surface area contributed by atoms with Gasteiger partial charge in [-0.2, -0.15) is 14.4 Å². The number of oxime groups is 1. The first-order valence-electron chi connectivity index (χ1n) is 8.54. The molecule has 0 radical (unpaired) electrons. The van der Waals surface area contributed by atoms with Gasteiger partial charge in [0.25, 0.3) is 17.7 Å². The summed E-state index contributed by atoms with van der Waals surface area (Å²) in [6.07, 6.45) is 1.08. The van der Waals surface area contributed by atoms with E-state index in [-0.39, 0.29) is 22.9 Å². The molecular formula is C20H16ClFN4O4. The maximum absolute atomic E-state index is 15.0. The summed E-state index contributed by atoms with van der Waals surface area (Å²) in [5.41, 5.74) is 5.96. The molecule has 0 fully saturated rings. The van der Waals surface area contributed by atoms with Crippen LogP contribution in [-0.2, 0) is 9.63 Å². The third-order valence-electron chi connectivity index (χ3n) is 3.91. The molecule has 10 heteroatoms. The number of benzene rings is 2. The summed E-state index contributed by atoms with van der Waals surface area (Å²) in [6, 6.07) is 11.2. The molecule has 0 aliphatic heterocycles. The first-order chi connectivity index (χ1) is 14.4. The van der Waals surface area contributed by atoms with E-state index in [0.29, 0.717) is 16.3 Å². The quantitative estimate of drug-likeness (QED) is 0.448. The van der Waals surface area contributed by atoms with E-state index in [1.165, 1.54) is 19.2 Å². The highest BCUT2D eigenvalue weighted by atomic mass is 35.5. The van der Waals surface area contributed by atoms with Gasteiger partial charge in [-0.1, -0.05) is 35.0 Å². The SMILES string of the molecule is CO/N=C(/C(N)=O)c1ccccc1Oc1ncnc(Oc2cccc(Cl)c2C)c1F. The van der Waals surface area contributed by atoms with Crippen molar-refractivity contribution in [1.82, 2.24) is 9.97 Å². The van der Waals surface area contributed by atoms with Crippen molar-refractivity contribution in [3.05, 3.63) is 70.8 Å². The third-order valence-corrected chi connectivity index (χ3v) is 4.32. The van der Waals surface area contributed by atoms with Crippen LogP contribution >= 0.6 is 11.6 Å². The molecule has 0 aliphatic carbocycles. The molecule has 0 atom stereocenters. The predicted octanol–water partition coefficient (Wildman–Crippen LogP) is 4.00. The van der Waals surface area contributed by atoms with E-state index >= 15 is 0 Å². The van der Waals surface area contributed by atoms with E-state index in [9.17, 15) is 9.18 Å². The van der Waals surface area contributed by atoms with Crippen LogP contribution in [0, 0.1) is 12.7 Å². The van der Waals surface area contributed by atoms with Crippen LogP contribution in [0.2, 0.25) is 5.02 Å². The third kappa shape index (κ3) is 4.47. The van der Waals surface area contributed by atoms with Crippen LogP contribution in [0.15, 0.2) is 53.9 Å². The molecule has 2 N–H and O–H groups in total. The molecule has 0 aliphatic rings. The highest BCUT2D eigenvalue weighted by molar-refractivity contribution is 6.45. The number of nitrogens with two attached hydrogens (primary N) is 1. The van der Waals surface area contributed by atoms with Crippen molar-refractivity contribution in [1.29, 1.82) is 0 Å². The lowest BCUT2D eigenvalue weighted by atomic mass is 10.1. The van der Waals surface area contributed by atoms with Gasteiger partial charge < -0.3 is 20.0 Å².